The Morgan fingerprint density at radius 1 is 1.11 bits per heavy atom. The minimum atomic E-state index is -0.123. The number of amides is 1. The van der Waals surface area contributed by atoms with Gasteiger partial charge in [-0.15, -0.1) is 5.92 Å². The Kier molecular flexibility index (Phi) is 5.78. The molecule has 3 heteroatoms. The van der Waals surface area contributed by atoms with Crippen LogP contribution in [-0.4, -0.2) is 12.5 Å². The zero-order chi connectivity index (χ0) is 19.2. The monoisotopic (exact) mass is 357 g/mol. The molecule has 0 aliphatic carbocycles. The fourth-order valence-corrected chi connectivity index (χ4v) is 3.07. The van der Waals surface area contributed by atoms with E-state index in [1.54, 1.807) is 13.0 Å². The van der Waals surface area contributed by atoms with E-state index in [0.29, 0.717) is 17.9 Å². The average Bonchev–Trinajstić information content (AvgIpc) is 2.69. The molecule has 1 amide bonds. The van der Waals surface area contributed by atoms with E-state index in [9.17, 15) is 4.79 Å². The van der Waals surface area contributed by atoms with Crippen molar-refractivity contribution in [2.75, 3.05) is 6.61 Å². The van der Waals surface area contributed by atoms with E-state index in [-0.39, 0.29) is 11.9 Å². The van der Waals surface area contributed by atoms with Gasteiger partial charge in [-0.3, -0.25) is 4.79 Å². The Morgan fingerprint density at radius 3 is 2.70 bits per heavy atom. The Morgan fingerprint density at radius 2 is 1.89 bits per heavy atom. The molecule has 136 valence electrons. The van der Waals surface area contributed by atoms with Crippen LogP contribution in [0, 0.1) is 18.8 Å². The number of hydrogen-bond donors (Lipinski definition) is 1. The van der Waals surface area contributed by atoms with Crippen LogP contribution in [0.5, 0.6) is 5.75 Å². The van der Waals surface area contributed by atoms with Gasteiger partial charge in [0.05, 0.1) is 6.04 Å². The van der Waals surface area contributed by atoms with Gasteiger partial charge in [-0.2, -0.15) is 0 Å². The molecule has 0 aromatic heterocycles. The van der Waals surface area contributed by atoms with Crippen molar-refractivity contribution in [3.05, 3.63) is 77.4 Å². The first-order chi connectivity index (χ1) is 13.1. The Labute approximate surface area is 160 Å². The third-order valence-corrected chi connectivity index (χ3v) is 4.56. The second-order valence-corrected chi connectivity index (χ2v) is 6.46. The summed E-state index contributed by atoms with van der Waals surface area (Å²) < 4.78 is 5.66. The smallest absolute Gasteiger partial charge is 0.251 e. The molecule has 3 aromatic carbocycles. The molecule has 0 radical (unpaired) electrons. The fraction of sp³-hybridized carbons (Fsp3) is 0.208. The lowest BCUT2D eigenvalue weighted by atomic mass is 9.99. The predicted molar refractivity (Wildman–Crippen MR) is 110 cm³/mol. The number of carbonyl (C=O) groups excluding carboxylic acids is 1. The first-order valence-corrected chi connectivity index (χ1v) is 9.01. The van der Waals surface area contributed by atoms with Gasteiger partial charge in [-0.1, -0.05) is 54.5 Å². The van der Waals surface area contributed by atoms with Crippen molar-refractivity contribution in [1.82, 2.24) is 5.32 Å². The van der Waals surface area contributed by atoms with Crippen molar-refractivity contribution in [3.63, 3.8) is 0 Å². The number of fused-ring (bicyclic) bond motifs is 1. The van der Waals surface area contributed by atoms with E-state index in [4.69, 9.17) is 4.74 Å². The molecule has 3 aromatic rings. The number of aryl methyl sites for hydroxylation is 1. The lowest BCUT2D eigenvalue weighted by Crippen LogP contribution is -2.26. The highest BCUT2D eigenvalue weighted by atomic mass is 16.5. The lowest BCUT2D eigenvalue weighted by Gasteiger charge is -2.17. The summed E-state index contributed by atoms with van der Waals surface area (Å²) >= 11 is 0. The normalized spacial score (nSPS) is 11.4. The zero-order valence-electron chi connectivity index (χ0n) is 15.9. The van der Waals surface area contributed by atoms with Crippen molar-refractivity contribution in [2.24, 2.45) is 0 Å². The summed E-state index contributed by atoms with van der Waals surface area (Å²) in [6.07, 6.45) is 0. The van der Waals surface area contributed by atoms with Crippen LogP contribution in [0.1, 0.15) is 41.4 Å². The van der Waals surface area contributed by atoms with E-state index in [0.717, 1.165) is 16.5 Å². The third-order valence-electron chi connectivity index (χ3n) is 4.56. The highest BCUT2D eigenvalue weighted by Crippen LogP contribution is 2.25. The molecular weight excluding hydrogens is 334 g/mol. The molecule has 0 bridgehead atoms. The van der Waals surface area contributed by atoms with Crippen molar-refractivity contribution in [1.29, 1.82) is 0 Å². The fourth-order valence-electron chi connectivity index (χ4n) is 3.07. The highest BCUT2D eigenvalue weighted by molar-refractivity contribution is 5.95. The highest BCUT2D eigenvalue weighted by Gasteiger charge is 2.15. The summed E-state index contributed by atoms with van der Waals surface area (Å²) in [6.45, 7) is 6.04. The van der Waals surface area contributed by atoms with Gasteiger partial charge in [0.15, 0.2) is 0 Å². The zero-order valence-corrected chi connectivity index (χ0v) is 15.9. The maximum Gasteiger partial charge on any atom is 0.251 e. The number of carbonyl (C=O) groups is 1. The molecule has 0 saturated heterocycles. The molecule has 3 nitrogen and oxygen atoms in total. The molecule has 0 saturated carbocycles. The molecular formula is C24H23NO2. The Hall–Kier alpha value is -3.25. The molecule has 1 atom stereocenters. The molecule has 0 heterocycles. The van der Waals surface area contributed by atoms with E-state index in [1.807, 2.05) is 44.2 Å². The summed E-state index contributed by atoms with van der Waals surface area (Å²) in [7, 11) is 0. The minimum Gasteiger partial charge on any atom is -0.481 e. The van der Waals surface area contributed by atoms with Crippen LogP contribution in [0.15, 0.2) is 60.7 Å². The molecule has 3 rings (SSSR count). The van der Waals surface area contributed by atoms with Crippen LogP contribution < -0.4 is 10.1 Å². The van der Waals surface area contributed by atoms with Gasteiger partial charge >= 0.3 is 0 Å². The average molecular weight is 357 g/mol. The van der Waals surface area contributed by atoms with Crippen LogP contribution in [0.2, 0.25) is 0 Å². The standard InChI is InChI=1S/C24H23NO2/c1-4-5-15-27-23-16-20(14-13-17(23)2)24(26)25-18(3)21-12-8-10-19-9-6-7-11-22(19)21/h6-14,16,18H,15H2,1-3H3,(H,25,26)/t18-/m1/s1. The van der Waals surface area contributed by atoms with Gasteiger partial charge in [-0.05, 0) is 54.8 Å². The number of rotatable bonds is 5. The molecule has 0 aliphatic heterocycles. The summed E-state index contributed by atoms with van der Waals surface area (Å²) in [4.78, 5) is 12.8. The summed E-state index contributed by atoms with van der Waals surface area (Å²) in [5.74, 6) is 6.23. The summed E-state index contributed by atoms with van der Waals surface area (Å²) in [5, 5.41) is 5.41. The predicted octanol–water partition coefficient (Wildman–Crippen LogP) is 5.04. The Bertz CT molecular complexity index is 1020. The summed E-state index contributed by atoms with van der Waals surface area (Å²) in [5.41, 5.74) is 2.65. The van der Waals surface area contributed by atoms with Gasteiger partial charge in [0.2, 0.25) is 0 Å². The first-order valence-electron chi connectivity index (χ1n) is 9.01. The largest absolute Gasteiger partial charge is 0.481 e. The first kappa shape index (κ1) is 18.5. The van der Waals surface area contributed by atoms with Crippen LogP contribution in [-0.2, 0) is 0 Å². The SMILES string of the molecule is CC#CCOc1cc(C(=O)N[C@H](C)c2cccc3ccccc23)ccc1C. The second kappa shape index (κ2) is 8.42. The van der Waals surface area contributed by atoms with Crippen molar-refractivity contribution >= 4 is 16.7 Å². The van der Waals surface area contributed by atoms with Crippen LogP contribution >= 0.6 is 0 Å². The van der Waals surface area contributed by atoms with Gasteiger partial charge in [0.1, 0.15) is 12.4 Å². The van der Waals surface area contributed by atoms with E-state index < -0.39 is 0 Å². The van der Waals surface area contributed by atoms with Crippen molar-refractivity contribution in [2.45, 2.75) is 26.8 Å². The topological polar surface area (TPSA) is 38.3 Å². The van der Waals surface area contributed by atoms with Gasteiger partial charge < -0.3 is 10.1 Å². The third kappa shape index (κ3) is 4.30. The molecule has 1 N–H and O–H groups in total. The molecule has 0 aliphatic rings. The molecule has 27 heavy (non-hydrogen) atoms. The van der Waals surface area contributed by atoms with E-state index >= 15 is 0 Å². The minimum absolute atomic E-state index is 0.111. The maximum absolute atomic E-state index is 12.8. The molecule has 0 unspecified atom stereocenters. The van der Waals surface area contributed by atoms with Crippen molar-refractivity contribution < 1.29 is 9.53 Å². The number of nitrogens with one attached hydrogen (secondary N) is 1. The lowest BCUT2D eigenvalue weighted by molar-refractivity contribution is 0.0939. The second-order valence-electron chi connectivity index (χ2n) is 6.46. The van der Waals surface area contributed by atoms with Gasteiger partial charge in [0, 0.05) is 5.56 Å². The van der Waals surface area contributed by atoms with Gasteiger partial charge in [0.25, 0.3) is 5.91 Å². The van der Waals surface area contributed by atoms with Crippen LogP contribution in [0.25, 0.3) is 10.8 Å². The van der Waals surface area contributed by atoms with Crippen LogP contribution in [0.4, 0.5) is 0 Å². The maximum atomic E-state index is 12.8. The Balaban J connectivity index is 1.80. The van der Waals surface area contributed by atoms with Crippen LogP contribution in [0.3, 0.4) is 0 Å². The van der Waals surface area contributed by atoms with E-state index in [2.05, 4.69) is 41.4 Å². The quantitative estimate of drug-likeness (QED) is 0.650. The summed E-state index contributed by atoms with van der Waals surface area (Å²) in [6, 6.07) is 19.7. The number of hydrogen-bond acceptors (Lipinski definition) is 2. The molecule has 0 fully saturated rings. The van der Waals surface area contributed by atoms with Crippen molar-refractivity contribution in [3.8, 4) is 17.6 Å². The van der Waals surface area contributed by atoms with E-state index in [1.165, 1.54) is 5.39 Å². The number of ether oxygens (including phenoxy) is 1. The molecule has 0 spiro atoms. The number of benzene rings is 3. The van der Waals surface area contributed by atoms with Gasteiger partial charge in [-0.25, -0.2) is 0 Å².